The van der Waals surface area contributed by atoms with Crippen molar-refractivity contribution in [2.75, 3.05) is 25.1 Å². The molecule has 2 aromatic heterocycles. The second-order valence-corrected chi connectivity index (χ2v) is 7.80. The normalized spacial score (nSPS) is 16.5. The van der Waals surface area contributed by atoms with Crippen LogP contribution in [-0.4, -0.2) is 46.7 Å². The highest BCUT2D eigenvalue weighted by molar-refractivity contribution is 5.97. The standard InChI is InChI=1S/C22H27N5O3/c1-26(14-17-5-3-4-10-30-17)20-9-6-15(12-23-20)13-24-21(28)16-7-8-19-18(11-16)25-22(29)27(19)2/h6-9,11-12,17H,3-5,10,13-14H2,1-2H3,(H,24,28)(H,25,29). The van der Waals surface area contributed by atoms with Crippen LogP contribution in [0, 0.1) is 0 Å². The fourth-order valence-electron chi connectivity index (χ4n) is 3.76. The summed E-state index contributed by atoms with van der Waals surface area (Å²) < 4.78 is 7.31. The number of anilines is 1. The Balaban J connectivity index is 1.34. The first-order valence-electron chi connectivity index (χ1n) is 10.3. The van der Waals surface area contributed by atoms with Crippen LogP contribution in [0.5, 0.6) is 0 Å². The quantitative estimate of drug-likeness (QED) is 0.651. The van der Waals surface area contributed by atoms with Crippen molar-refractivity contribution in [3.05, 3.63) is 58.1 Å². The lowest BCUT2D eigenvalue weighted by Crippen LogP contribution is -2.33. The summed E-state index contributed by atoms with van der Waals surface area (Å²) in [6.45, 7) is 2.05. The van der Waals surface area contributed by atoms with E-state index in [1.165, 1.54) is 11.0 Å². The molecular weight excluding hydrogens is 382 g/mol. The average molecular weight is 409 g/mol. The highest BCUT2D eigenvalue weighted by Gasteiger charge is 2.16. The number of benzene rings is 1. The van der Waals surface area contributed by atoms with Crippen LogP contribution in [0.4, 0.5) is 5.82 Å². The number of H-pyrrole nitrogens is 1. The Bertz CT molecular complexity index is 1080. The molecule has 1 unspecified atom stereocenters. The molecule has 1 aromatic carbocycles. The highest BCUT2D eigenvalue weighted by Crippen LogP contribution is 2.17. The number of nitrogens with zero attached hydrogens (tertiary/aromatic N) is 3. The van der Waals surface area contributed by atoms with Gasteiger partial charge in [0.1, 0.15) is 5.82 Å². The van der Waals surface area contributed by atoms with E-state index < -0.39 is 0 Å². The van der Waals surface area contributed by atoms with Gasteiger partial charge in [-0.05, 0) is 49.1 Å². The summed E-state index contributed by atoms with van der Waals surface area (Å²) in [5, 5.41) is 2.90. The lowest BCUT2D eigenvalue weighted by Gasteiger charge is -2.28. The molecule has 158 valence electrons. The Morgan fingerprint density at radius 3 is 2.93 bits per heavy atom. The molecule has 0 saturated carbocycles. The van der Waals surface area contributed by atoms with Gasteiger partial charge in [0, 0.05) is 45.6 Å². The summed E-state index contributed by atoms with van der Waals surface area (Å²) in [4.78, 5) is 33.6. The fourth-order valence-corrected chi connectivity index (χ4v) is 3.76. The van der Waals surface area contributed by atoms with Crippen molar-refractivity contribution >= 4 is 22.8 Å². The first kappa shape index (κ1) is 20.2. The number of rotatable bonds is 6. The maximum absolute atomic E-state index is 12.5. The van der Waals surface area contributed by atoms with Crippen LogP contribution >= 0.6 is 0 Å². The summed E-state index contributed by atoms with van der Waals surface area (Å²) in [6, 6.07) is 9.11. The molecule has 2 N–H and O–H groups in total. The molecule has 0 radical (unpaired) electrons. The average Bonchev–Trinajstić information content (AvgIpc) is 3.06. The van der Waals surface area contributed by atoms with Gasteiger partial charge in [-0.15, -0.1) is 0 Å². The van der Waals surface area contributed by atoms with Gasteiger partial charge in [-0.1, -0.05) is 6.07 Å². The predicted molar refractivity (Wildman–Crippen MR) is 116 cm³/mol. The molecule has 0 spiro atoms. The van der Waals surface area contributed by atoms with E-state index in [0.29, 0.717) is 17.6 Å². The third-order valence-electron chi connectivity index (χ3n) is 5.57. The molecule has 1 atom stereocenters. The lowest BCUT2D eigenvalue weighted by molar-refractivity contribution is 0.0215. The van der Waals surface area contributed by atoms with E-state index in [-0.39, 0.29) is 17.7 Å². The Labute approximate surface area is 174 Å². The topological polar surface area (TPSA) is 92.3 Å². The predicted octanol–water partition coefficient (Wildman–Crippen LogP) is 2.20. The number of carbonyl (C=O) groups is 1. The number of aromatic amines is 1. The number of fused-ring (bicyclic) bond motifs is 1. The van der Waals surface area contributed by atoms with Crippen LogP contribution < -0.4 is 15.9 Å². The van der Waals surface area contributed by atoms with E-state index in [4.69, 9.17) is 4.74 Å². The Kier molecular flexibility index (Phi) is 5.85. The zero-order valence-corrected chi connectivity index (χ0v) is 17.4. The van der Waals surface area contributed by atoms with E-state index in [9.17, 15) is 9.59 Å². The lowest BCUT2D eigenvalue weighted by atomic mass is 10.1. The number of pyridine rings is 1. The van der Waals surface area contributed by atoms with Gasteiger partial charge in [0.2, 0.25) is 0 Å². The summed E-state index contributed by atoms with van der Waals surface area (Å²) in [6.07, 6.45) is 5.51. The molecule has 3 aromatic rings. The SMILES string of the molecule is CN(CC1CCCCO1)c1ccc(CNC(=O)c2ccc3c(c2)[nH]c(=O)n3C)cn1. The first-order valence-corrected chi connectivity index (χ1v) is 10.3. The molecule has 1 saturated heterocycles. The summed E-state index contributed by atoms with van der Waals surface area (Å²) in [5.41, 5.74) is 2.63. The maximum Gasteiger partial charge on any atom is 0.326 e. The van der Waals surface area contributed by atoms with Gasteiger partial charge in [-0.3, -0.25) is 9.36 Å². The molecule has 8 nitrogen and oxygen atoms in total. The summed E-state index contributed by atoms with van der Waals surface area (Å²) in [7, 11) is 3.71. The molecule has 30 heavy (non-hydrogen) atoms. The zero-order chi connectivity index (χ0) is 21.1. The van der Waals surface area contributed by atoms with E-state index in [2.05, 4.69) is 20.2 Å². The molecule has 1 aliphatic heterocycles. The van der Waals surface area contributed by atoms with Crippen molar-refractivity contribution in [1.82, 2.24) is 19.9 Å². The summed E-state index contributed by atoms with van der Waals surface area (Å²) in [5.74, 6) is 0.690. The smallest absolute Gasteiger partial charge is 0.326 e. The number of imidazole rings is 1. The minimum atomic E-state index is -0.200. The third kappa shape index (κ3) is 4.38. The number of ether oxygens (including phenoxy) is 1. The van der Waals surface area contributed by atoms with Crippen LogP contribution in [0.15, 0.2) is 41.3 Å². The van der Waals surface area contributed by atoms with Crippen LogP contribution in [-0.2, 0) is 18.3 Å². The largest absolute Gasteiger partial charge is 0.376 e. The van der Waals surface area contributed by atoms with Crippen molar-refractivity contribution in [1.29, 1.82) is 0 Å². The van der Waals surface area contributed by atoms with Crippen molar-refractivity contribution in [3.63, 3.8) is 0 Å². The van der Waals surface area contributed by atoms with E-state index >= 15 is 0 Å². The number of carbonyl (C=O) groups excluding carboxylic acids is 1. The molecule has 1 aliphatic rings. The maximum atomic E-state index is 12.5. The Morgan fingerprint density at radius 1 is 1.33 bits per heavy atom. The van der Waals surface area contributed by atoms with E-state index in [0.717, 1.165) is 42.9 Å². The number of aryl methyl sites for hydroxylation is 1. The second kappa shape index (κ2) is 8.71. The van der Waals surface area contributed by atoms with Crippen molar-refractivity contribution in [3.8, 4) is 0 Å². The number of aromatic nitrogens is 3. The van der Waals surface area contributed by atoms with Crippen LogP contribution in [0.2, 0.25) is 0 Å². The summed E-state index contributed by atoms with van der Waals surface area (Å²) >= 11 is 0. The first-order chi connectivity index (χ1) is 14.5. The molecular formula is C22H27N5O3. The number of amides is 1. The van der Waals surface area contributed by atoms with Gasteiger partial charge in [0.25, 0.3) is 5.91 Å². The number of nitrogens with one attached hydrogen (secondary N) is 2. The van der Waals surface area contributed by atoms with Crippen molar-refractivity contribution in [2.24, 2.45) is 7.05 Å². The molecule has 8 heteroatoms. The van der Waals surface area contributed by atoms with Gasteiger partial charge in [-0.2, -0.15) is 0 Å². The Hall–Kier alpha value is -3.13. The molecule has 3 heterocycles. The van der Waals surface area contributed by atoms with Gasteiger partial charge in [-0.25, -0.2) is 9.78 Å². The van der Waals surface area contributed by atoms with Gasteiger partial charge >= 0.3 is 5.69 Å². The van der Waals surface area contributed by atoms with Gasteiger partial charge in [0.05, 0.1) is 17.1 Å². The van der Waals surface area contributed by atoms with Crippen LogP contribution in [0.1, 0.15) is 35.2 Å². The zero-order valence-electron chi connectivity index (χ0n) is 17.4. The number of hydrogen-bond acceptors (Lipinski definition) is 5. The molecule has 4 rings (SSSR count). The number of likely N-dealkylation sites (N-methyl/N-ethyl adjacent to an activating group) is 1. The van der Waals surface area contributed by atoms with Crippen molar-refractivity contribution < 1.29 is 9.53 Å². The molecule has 1 amide bonds. The molecule has 1 fully saturated rings. The number of hydrogen-bond donors (Lipinski definition) is 2. The van der Waals surface area contributed by atoms with E-state index in [1.54, 1.807) is 31.4 Å². The minimum Gasteiger partial charge on any atom is -0.376 e. The highest BCUT2D eigenvalue weighted by atomic mass is 16.5. The third-order valence-corrected chi connectivity index (χ3v) is 5.57. The van der Waals surface area contributed by atoms with Crippen LogP contribution in [0.3, 0.4) is 0 Å². The monoisotopic (exact) mass is 409 g/mol. The fraction of sp³-hybridized carbons (Fsp3) is 0.409. The Morgan fingerprint density at radius 2 is 2.20 bits per heavy atom. The van der Waals surface area contributed by atoms with Crippen LogP contribution in [0.25, 0.3) is 11.0 Å². The van der Waals surface area contributed by atoms with E-state index in [1.807, 2.05) is 19.2 Å². The minimum absolute atomic E-state index is 0.197. The second-order valence-electron chi connectivity index (χ2n) is 7.80. The van der Waals surface area contributed by atoms with Gasteiger partial charge in [0.15, 0.2) is 0 Å². The van der Waals surface area contributed by atoms with Crippen molar-refractivity contribution in [2.45, 2.75) is 31.9 Å². The molecule has 0 aliphatic carbocycles. The van der Waals surface area contributed by atoms with Gasteiger partial charge < -0.3 is 19.9 Å². The molecule has 0 bridgehead atoms.